The summed E-state index contributed by atoms with van der Waals surface area (Å²) in [6, 6.07) is 14.5. The maximum absolute atomic E-state index is 11.9. The number of thioether (sulfide) groups is 1. The average Bonchev–Trinajstić information content (AvgIpc) is 3.03. The van der Waals surface area contributed by atoms with E-state index in [1.807, 2.05) is 35.9 Å². The van der Waals surface area contributed by atoms with Gasteiger partial charge in [-0.3, -0.25) is 4.79 Å². The molecule has 0 saturated carbocycles. The lowest BCUT2D eigenvalue weighted by molar-refractivity contribution is -0.118. The number of nitrogens with zero attached hydrogens (tertiary/aromatic N) is 4. The minimum Gasteiger partial charge on any atom is -0.507 e. The number of carbonyl (C=O) groups excluding carboxylic acids is 1. The Kier molecular flexibility index (Phi) is 6.25. The number of halogens is 1. The molecular weight excluding hydrogens is 430 g/mol. The number of hydrogen-bond acceptors (Lipinski definition) is 6. The lowest BCUT2D eigenvalue weighted by atomic mass is 10.2. The van der Waals surface area contributed by atoms with Gasteiger partial charge >= 0.3 is 0 Å². The zero-order valence-electron chi connectivity index (χ0n) is 14.3. The number of aromatic nitrogens is 3. The summed E-state index contributed by atoms with van der Waals surface area (Å²) >= 11 is 4.67. The second-order valence-electron chi connectivity index (χ2n) is 5.51. The molecule has 0 spiro atoms. The molecule has 0 radical (unpaired) electrons. The third kappa shape index (κ3) is 4.95. The molecule has 0 aliphatic heterocycles. The summed E-state index contributed by atoms with van der Waals surface area (Å²) in [4.78, 5) is 11.9. The van der Waals surface area contributed by atoms with Gasteiger partial charge in [-0.15, -0.1) is 10.2 Å². The van der Waals surface area contributed by atoms with Crippen molar-refractivity contribution in [2.45, 2.75) is 5.16 Å². The number of phenolic OH excluding ortho intramolecular Hbond substituents is 1. The molecule has 1 amide bonds. The molecule has 3 rings (SSSR count). The number of rotatable bonds is 6. The van der Waals surface area contributed by atoms with E-state index in [0.717, 1.165) is 15.9 Å². The highest BCUT2D eigenvalue weighted by Crippen LogP contribution is 2.23. The van der Waals surface area contributed by atoms with Crippen molar-refractivity contribution in [1.29, 1.82) is 0 Å². The Hall–Kier alpha value is -2.65. The quantitative estimate of drug-likeness (QED) is 0.345. The molecule has 0 atom stereocenters. The molecule has 0 saturated heterocycles. The summed E-state index contributed by atoms with van der Waals surface area (Å²) in [6.45, 7) is 0. The first-order chi connectivity index (χ1) is 13.0. The Morgan fingerprint density at radius 3 is 2.74 bits per heavy atom. The summed E-state index contributed by atoms with van der Waals surface area (Å²) in [7, 11) is 1.86. The fourth-order valence-electron chi connectivity index (χ4n) is 2.22. The molecule has 0 aliphatic carbocycles. The lowest BCUT2D eigenvalue weighted by Gasteiger charge is -2.04. The molecule has 0 fully saturated rings. The lowest BCUT2D eigenvalue weighted by Crippen LogP contribution is -2.19. The molecule has 2 aromatic carbocycles. The fraction of sp³-hybridized carbons (Fsp3) is 0.111. The van der Waals surface area contributed by atoms with E-state index in [0.29, 0.717) is 10.7 Å². The predicted molar refractivity (Wildman–Crippen MR) is 109 cm³/mol. The molecule has 9 heteroatoms. The Labute approximate surface area is 168 Å². The Bertz CT molecular complexity index is 972. The van der Waals surface area contributed by atoms with E-state index in [4.69, 9.17) is 0 Å². The molecule has 0 unspecified atom stereocenters. The standard InChI is InChI=1S/C18H16BrN5O2S/c1-24-17(12-6-8-14(19)9-7-12)22-23-18(24)27-11-16(26)21-20-10-13-4-2-3-5-15(13)25/h2-10,25H,11H2,1H3,(H,21,26). The van der Waals surface area contributed by atoms with E-state index in [1.165, 1.54) is 18.0 Å². The average molecular weight is 446 g/mol. The van der Waals surface area contributed by atoms with E-state index in [1.54, 1.807) is 24.3 Å². The van der Waals surface area contributed by atoms with Crippen LogP contribution in [0.5, 0.6) is 5.75 Å². The number of phenols is 1. The molecule has 0 aliphatic rings. The van der Waals surface area contributed by atoms with Crippen LogP contribution < -0.4 is 5.43 Å². The van der Waals surface area contributed by atoms with Gasteiger partial charge in [0, 0.05) is 22.6 Å². The minimum atomic E-state index is -0.278. The second-order valence-corrected chi connectivity index (χ2v) is 7.37. The zero-order valence-corrected chi connectivity index (χ0v) is 16.7. The minimum absolute atomic E-state index is 0.101. The van der Waals surface area contributed by atoms with Crippen LogP contribution in [0, 0.1) is 0 Å². The summed E-state index contributed by atoms with van der Waals surface area (Å²) in [5.74, 6) is 0.692. The number of benzene rings is 2. The summed E-state index contributed by atoms with van der Waals surface area (Å²) in [5.41, 5.74) is 3.90. The van der Waals surface area contributed by atoms with Crippen LogP contribution in [0.4, 0.5) is 0 Å². The summed E-state index contributed by atoms with van der Waals surface area (Å²) < 4.78 is 2.83. The third-order valence-electron chi connectivity index (χ3n) is 3.60. The van der Waals surface area contributed by atoms with Crippen LogP contribution in [0.25, 0.3) is 11.4 Å². The SMILES string of the molecule is Cn1c(SCC(=O)NN=Cc2ccccc2O)nnc1-c1ccc(Br)cc1. The molecule has 3 aromatic rings. The van der Waals surface area contributed by atoms with Gasteiger partial charge in [0.2, 0.25) is 0 Å². The number of para-hydroxylation sites is 1. The molecule has 7 nitrogen and oxygen atoms in total. The van der Waals surface area contributed by atoms with Crippen molar-refractivity contribution in [2.75, 3.05) is 5.75 Å². The van der Waals surface area contributed by atoms with Crippen LogP contribution in [-0.4, -0.2) is 37.7 Å². The van der Waals surface area contributed by atoms with Gasteiger partial charge in [-0.2, -0.15) is 5.10 Å². The zero-order chi connectivity index (χ0) is 19.2. The van der Waals surface area contributed by atoms with Gasteiger partial charge in [0.1, 0.15) is 5.75 Å². The first-order valence-corrected chi connectivity index (χ1v) is 9.70. The Morgan fingerprint density at radius 1 is 1.26 bits per heavy atom. The molecular formula is C18H16BrN5O2S. The summed E-state index contributed by atoms with van der Waals surface area (Å²) in [5, 5.41) is 22.5. The van der Waals surface area contributed by atoms with Crippen LogP contribution in [0.1, 0.15) is 5.56 Å². The van der Waals surface area contributed by atoms with Crippen molar-refractivity contribution >= 4 is 39.8 Å². The van der Waals surface area contributed by atoms with Gasteiger partial charge < -0.3 is 9.67 Å². The van der Waals surface area contributed by atoms with Crippen molar-refractivity contribution in [3.05, 3.63) is 58.6 Å². The van der Waals surface area contributed by atoms with Crippen LogP contribution in [0.3, 0.4) is 0 Å². The van der Waals surface area contributed by atoms with Gasteiger partial charge in [-0.25, -0.2) is 5.43 Å². The number of amides is 1. The van der Waals surface area contributed by atoms with Crippen LogP contribution >= 0.6 is 27.7 Å². The fourth-order valence-corrected chi connectivity index (χ4v) is 3.19. The predicted octanol–water partition coefficient (Wildman–Crippen LogP) is 3.19. The number of aromatic hydroxyl groups is 1. The largest absolute Gasteiger partial charge is 0.507 e. The van der Waals surface area contributed by atoms with E-state index in [2.05, 4.69) is 36.7 Å². The molecule has 1 heterocycles. The van der Waals surface area contributed by atoms with Crippen molar-refractivity contribution < 1.29 is 9.90 Å². The maximum Gasteiger partial charge on any atom is 0.250 e. The topological polar surface area (TPSA) is 92.4 Å². The van der Waals surface area contributed by atoms with Gasteiger partial charge in [-0.05, 0) is 24.3 Å². The van der Waals surface area contributed by atoms with E-state index >= 15 is 0 Å². The van der Waals surface area contributed by atoms with Crippen LogP contribution in [-0.2, 0) is 11.8 Å². The van der Waals surface area contributed by atoms with Gasteiger partial charge in [0.25, 0.3) is 5.91 Å². The monoisotopic (exact) mass is 445 g/mol. The number of nitrogens with one attached hydrogen (secondary N) is 1. The van der Waals surface area contributed by atoms with Crippen molar-refractivity contribution in [2.24, 2.45) is 12.1 Å². The number of hydrogen-bond donors (Lipinski definition) is 2. The Balaban J connectivity index is 1.56. The highest BCUT2D eigenvalue weighted by Gasteiger charge is 2.12. The molecule has 27 heavy (non-hydrogen) atoms. The maximum atomic E-state index is 11.9. The molecule has 1 aromatic heterocycles. The van der Waals surface area contributed by atoms with Crippen molar-refractivity contribution in [1.82, 2.24) is 20.2 Å². The first-order valence-electron chi connectivity index (χ1n) is 7.92. The highest BCUT2D eigenvalue weighted by atomic mass is 79.9. The first kappa shape index (κ1) is 19.1. The Morgan fingerprint density at radius 2 is 2.00 bits per heavy atom. The van der Waals surface area contributed by atoms with Gasteiger partial charge in [-0.1, -0.05) is 52.0 Å². The van der Waals surface area contributed by atoms with Crippen LogP contribution in [0.15, 0.2) is 63.3 Å². The molecule has 138 valence electrons. The van der Waals surface area contributed by atoms with E-state index in [9.17, 15) is 9.90 Å². The number of hydrazone groups is 1. The van der Waals surface area contributed by atoms with Crippen molar-refractivity contribution in [3.8, 4) is 17.1 Å². The third-order valence-corrected chi connectivity index (χ3v) is 5.15. The van der Waals surface area contributed by atoms with E-state index < -0.39 is 0 Å². The van der Waals surface area contributed by atoms with E-state index in [-0.39, 0.29) is 17.4 Å². The number of carbonyl (C=O) groups is 1. The van der Waals surface area contributed by atoms with Gasteiger partial charge in [0.05, 0.1) is 12.0 Å². The highest BCUT2D eigenvalue weighted by molar-refractivity contribution is 9.10. The second kappa shape index (κ2) is 8.83. The molecule has 2 N–H and O–H groups in total. The molecule has 0 bridgehead atoms. The smallest absolute Gasteiger partial charge is 0.250 e. The summed E-state index contributed by atoms with van der Waals surface area (Å²) in [6.07, 6.45) is 1.39. The van der Waals surface area contributed by atoms with Crippen molar-refractivity contribution in [3.63, 3.8) is 0 Å². The normalized spacial score (nSPS) is 11.0. The van der Waals surface area contributed by atoms with Crippen LogP contribution in [0.2, 0.25) is 0 Å². The van der Waals surface area contributed by atoms with Gasteiger partial charge in [0.15, 0.2) is 11.0 Å².